The third kappa shape index (κ3) is 2.63. The van der Waals surface area contributed by atoms with Crippen LogP contribution >= 0.6 is 0 Å². The third-order valence-electron chi connectivity index (χ3n) is 6.46. The molecule has 4 aliphatic carbocycles. The van der Waals surface area contributed by atoms with Crippen molar-refractivity contribution in [3.63, 3.8) is 0 Å². The monoisotopic (exact) mass is 314 g/mol. The van der Waals surface area contributed by atoms with Crippen LogP contribution in [-0.4, -0.2) is 25.3 Å². The lowest BCUT2D eigenvalue weighted by atomic mass is 9.49. The van der Waals surface area contributed by atoms with E-state index in [9.17, 15) is 4.79 Å². The van der Waals surface area contributed by atoms with Gasteiger partial charge in [-0.1, -0.05) is 18.2 Å². The van der Waals surface area contributed by atoms with Crippen LogP contribution in [0, 0.1) is 23.7 Å². The molecule has 124 valence electrons. The van der Waals surface area contributed by atoms with Gasteiger partial charge >= 0.3 is 6.03 Å². The average molecular weight is 314 g/mol. The van der Waals surface area contributed by atoms with Crippen molar-refractivity contribution in [2.75, 3.05) is 19.0 Å². The van der Waals surface area contributed by atoms with E-state index in [2.05, 4.69) is 10.6 Å². The van der Waals surface area contributed by atoms with Gasteiger partial charge in [0.05, 0.1) is 5.60 Å². The fourth-order valence-corrected chi connectivity index (χ4v) is 5.59. The summed E-state index contributed by atoms with van der Waals surface area (Å²) < 4.78 is 6.07. The predicted octanol–water partition coefficient (Wildman–Crippen LogP) is 3.65. The van der Waals surface area contributed by atoms with Crippen molar-refractivity contribution in [2.45, 2.75) is 37.7 Å². The first kappa shape index (κ1) is 15.0. The molecule has 0 saturated heterocycles. The lowest BCUT2D eigenvalue weighted by Crippen LogP contribution is -2.63. The topological polar surface area (TPSA) is 50.4 Å². The van der Waals surface area contributed by atoms with Gasteiger partial charge in [-0.15, -0.1) is 0 Å². The minimum atomic E-state index is -0.151. The van der Waals surface area contributed by atoms with E-state index in [1.165, 1.54) is 32.1 Å². The maximum absolute atomic E-state index is 12.2. The summed E-state index contributed by atoms with van der Waals surface area (Å²) in [5.74, 6) is 3.03. The summed E-state index contributed by atoms with van der Waals surface area (Å²) >= 11 is 0. The fraction of sp³-hybridized carbons (Fsp3) is 0.632. The minimum absolute atomic E-state index is 0.138. The van der Waals surface area contributed by atoms with Gasteiger partial charge in [-0.05, 0) is 67.9 Å². The summed E-state index contributed by atoms with van der Waals surface area (Å²) in [5, 5.41) is 5.98. The highest BCUT2D eigenvalue weighted by molar-refractivity contribution is 5.89. The number of para-hydroxylation sites is 1. The van der Waals surface area contributed by atoms with Gasteiger partial charge in [-0.2, -0.15) is 0 Å². The predicted molar refractivity (Wildman–Crippen MR) is 90.2 cm³/mol. The summed E-state index contributed by atoms with van der Waals surface area (Å²) in [7, 11) is 1.83. The molecule has 4 aliphatic rings. The molecule has 23 heavy (non-hydrogen) atoms. The number of ether oxygens (including phenoxy) is 1. The minimum Gasteiger partial charge on any atom is -0.376 e. The highest BCUT2D eigenvalue weighted by Crippen LogP contribution is 2.59. The normalized spacial score (nSPS) is 37.6. The van der Waals surface area contributed by atoms with Crippen molar-refractivity contribution in [2.24, 2.45) is 23.7 Å². The Kier molecular flexibility index (Phi) is 3.80. The molecular weight excluding hydrogens is 288 g/mol. The van der Waals surface area contributed by atoms with E-state index in [0.29, 0.717) is 18.4 Å². The van der Waals surface area contributed by atoms with Crippen molar-refractivity contribution >= 4 is 11.7 Å². The van der Waals surface area contributed by atoms with Crippen molar-refractivity contribution in [1.82, 2.24) is 5.32 Å². The van der Waals surface area contributed by atoms with E-state index in [1.54, 1.807) is 0 Å². The second-order valence-electron chi connectivity index (χ2n) is 7.64. The Morgan fingerprint density at radius 2 is 1.70 bits per heavy atom. The summed E-state index contributed by atoms with van der Waals surface area (Å²) in [6.07, 6.45) is 6.55. The van der Waals surface area contributed by atoms with Crippen LogP contribution in [0.4, 0.5) is 10.5 Å². The number of amides is 2. The lowest BCUT2D eigenvalue weighted by Gasteiger charge is -2.60. The number of anilines is 1. The van der Waals surface area contributed by atoms with E-state index in [0.717, 1.165) is 17.5 Å². The van der Waals surface area contributed by atoms with Gasteiger partial charge in [0.15, 0.2) is 0 Å². The fourth-order valence-electron chi connectivity index (χ4n) is 5.59. The van der Waals surface area contributed by atoms with E-state index >= 15 is 0 Å². The molecule has 0 radical (unpaired) electrons. The zero-order chi connectivity index (χ0) is 15.9. The molecule has 4 bridgehead atoms. The molecular formula is C19H26N2O2. The quantitative estimate of drug-likeness (QED) is 0.891. The molecule has 1 aromatic rings. The van der Waals surface area contributed by atoms with E-state index in [4.69, 9.17) is 4.74 Å². The summed E-state index contributed by atoms with van der Waals surface area (Å²) in [6.45, 7) is 0.622. The Hall–Kier alpha value is -1.55. The lowest BCUT2D eigenvalue weighted by molar-refractivity contribution is -0.186. The molecule has 5 rings (SSSR count). The van der Waals surface area contributed by atoms with Gasteiger partial charge in [0.2, 0.25) is 0 Å². The average Bonchev–Trinajstić information content (AvgIpc) is 2.55. The van der Waals surface area contributed by atoms with Gasteiger partial charge in [-0.3, -0.25) is 0 Å². The molecule has 0 unspecified atom stereocenters. The molecule has 2 N–H and O–H groups in total. The Labute approximate surface area is 138 Å². The third-order valence-corrected chi connectivity index (χ3v) is 6.46. The standard InChI is InChI=1S/C19H26N2O2/c1-23-19(12-20-18(22)21-17-5-3-2-4-6-17)15-8-13-7-14(10-15)11-16(19)9-13/h2-6,13-16H,7-12H2,1H3,(H2,20,21,22). The number of hydrogen-bond acceptors (Lipinski definition) is 2. The van der Waals surface area contributed by atoms with Gasteiger partial charge in [0.25, 0.3) is 0 Å². The number of nitrogens with one attached hydrogen (secondary N) is 2. The molecule has 0 aliphatic heterocycles. The number of urea groups is 1. The largest absolute Gasteiger partial charge is 0.376 e. The van der Waals surface area contributed by atoms with E-state index < -0.39 is 0 Å². The Bertz CT molecular complexity index is 544. The molecule has 4 saturated carbocycles. The van der Waals surface area contributed by atoms with Crippen molar-refractivity contribution in [3.05, 3.63) is 30.3 Å². The highest BCUT2D eigenvalue weighted by atomic mass is 16.5. The Balaban J connectivity index is 1.41. The van der Waals surface area contributed by atoms with Crippen LogP contribution in [0.25, 0.3) is 0 Å². The van der Waals surface area contributed by atoms with Gasteiger partial charge in [0, 0.05) is 19.3 Å². The summed E-state index contributed by atoms with van der Waals surface area (Å²) in [5.41, 5.74) is 0.670. The van der Waals surface area contributed by atoms with Crippen LogP contribution in [0.15, 0.2) is 30.3 Å². The molecule has 4 fully saturated rings. The van der Waals surface area contributed by atoms with Crippen molar-refractivity contribution in [3.8, 4) is 0 Å². The SMILES string of the molecule is COC1(CNC(=O)Nc2ccccc2)C2CC3CC(C2)CC1C3. The zero-order valence-corrected chi connectivity index (χ0v) is 13.8. The van der Waals surface area contributed by atoms with Crippen LogP contribution in [0.1, 0.15) is 32.1 Å². The van der Waals surface area contributed by atoms with Crippen molar-refractivity contribution in [1.29, 1.82) is 0 Å². The first-order chi connectivity index (χ1) is 11.2. The Morgan fingerprint density at radius 1 is 1.09 bits per heavy atom. The number of methoxy groups -OCH3 is 1. The molecule has 0 aromatic heterocycles. The summed E-state index contributed by atoms with van der Waals surface area (Å²) in [4.78, 5) is 12.2. The molecule has 0 atom stereocenters. The molecule has 0 heterocycles. The zero-order valence-electron chi connectivity index (χ0n) is 13.8. The van der Waals surface area contributed by atoms with Crippen molar-refractivity contribution < 1.29 is 9.53 Å². The second-order valence-corrected chi connectivity index (χ2v) is 7.64. The molecule has 0 spiro atoms. The van der Waals surface area contributed by atoms with Gasteiger partial charge in [0.1, 0.15) is 0 Å². The van der Waals surface area contributed by atoms with Crippen LogP contribution in [0.3, 0.4) is 0 Å². The maximum Gasteiger partial charge on any atom is 0.319 e. The van der Waals surface area contributed by atoms with Crippen LogP contribution < -0.4 is 10.6 Å². The van der Waals surface area contributed by atoms with Gasteiger partial charge < -0.3 is 15.4 Å². The molecule has 1 aromatic carbocycles. The van der Waals surface area contributed by atoms with Crippen LogP contribution in [0.5, 0.6) is 0 Å². The Morgan fingerprint density at radius 3 is 2.26 bits per heavy atom. The first-order valence-corrected chi connectivity index (χ1v) is 8.84. The van der Waals surface area contributed by atoms with E-state index in [1.807, 2.05) is 37.4 Å². The van der Waals surface area contributed by atoms with Crippen LogP contribution in [-0.2, 0) is 4.74 Å². The van der Waals surface area contributed by atoms with Crippen LogP contribution in [0.2, 0.25) is 0 Å². The molecule has 2 amide bonds. The summed E-state index contributed by atoms with van der Waals surface area (Å²) in [6, 6.07) is 9.44. The van der Waals surface area contributed by atoms with Gasteiger partial charge in [-0.25, -0.2) is 4.79 Å². The number of hydrogen-bond donors (Lipinski definition) is 2. The molecule has 4 heteroatoms. The number of benzene rings is 1. The molecule has 4 nitrogen and oxygen atoms in total. The smallest absolute Gasteiger partial charge is 0.319 e. The second kappa shape index (κ2) is 5.82. The van der Waals surface area contributed by atoms with E-state index in [-0.39, 0.29) is 11.6 Å². The number of rotatable bonds is 4. The highest BCUT2D eigenvalue weighted by Gasteiger charge is 2.57. The number of carbonyl (C=O) groups is 1. The first-order valence-electron chi connectivity index (χ1n) is 8.84. The maximum atomic E-state index is 12.2. The number of carbonyl (C=O) groups excluding carboxylic acids is 1.